The van der Waals surface area contributed by atoms with Crippen LogP contribution >= 0.6 is 0 Å². The second-order valence-corrected chi connectivity index (χ2v) is 5.12. The van der Waals surface area contributed by atoms with Crippen LogP contribution in [-0.2, 0) is 0 Å². The summed E-state index contributed by atoms with van der Waals surface area (Å²) in [5.41, 5.74) is 7.12. The van der Waals surface area contributed by atoms with E-state index in [0.29, 0.717) is 0 Å². The van der Waals surface area contributed by atoms with Gasteiger partial charge in [-0.15, -0.1) is 0 Å². The maximum Gasteiger partial charge on any atom is 0.0705 e. The standard InChI is InChI=1S/C19H17N/c1-14-6-5-8-16(12-14)17-10-11-19(20-13-17)18-9-4-3-7-15(18)2/h3-13H,1-2H3. The van der Waals surface area contributed by atoms with E-state index in [1.54, 1.807) is 0 Å². The number of hydrogen-bond acceptors (Lipinski definition) is 1. The molecule has 0 bridgehead atoms. The zero-order valence-corrected chi connectivity index (χ0v) is 11.8. The number of aromatic nitrogens is 1. The van der Waals surface area contributed by atoms with Gasteiger partial charge in [-0.25, -0.2) is 0 Å². The summed E-state index contributed by atoms with van der Waals surface area (Å²) in [5.74, 6) is 0. The van der Waals surface area contributed by atoms with E-state index >= 15 is 0 Å². The molecule has 0 atom stereocenters. The number of hydrogen-bond donors (Lipinski definition) is 0. The lowest BCUT2D eigenvalue weighted by Gasteiger charge is -2.07. The molecule has 1 aromatic heterocycles. The van der Waals surface area contributed by atoms with Gasteiger partial charge < -0.3 is 0 Å². The Hall–Kier alpha value is -2.41. The Balaban J connectivity index is 1.98. The molecule has 0 saturated carbocycles. The molecule has 3 aromatic rings. The van der Waals surface area contributed by atoms with Crippen molar-refractivity contribution in [1.29, 1.82) is 0 Å². The average Bonchev–Trinajstić information content (AvgIpc) is 2.48. The predicted molar refractivity (Wildman–Crippen MR) is 84.6 cm³/mol. The number of benzene rings is 2. The van der Waals surface area contributed by atoms with E-state index in [4.69, 9.17) is 0 Å². The SMILES string of the molecule is Cc1cccc(-c2ccc(-c3ccccc3C)nc2)c1. The fraction of sp³-hybridized carbons (Fsp3) is 0.105. The molecule has 0 spiro atoms. The van der Waals surface area contributed by atoms with E-state index in [1.165, 1.54) is 22.3 Å². The third-order valence-corrected chi connectivity index (χ3v) is 3.54. The summed E-state index contributed by atoms with van der Waals surface area (Å²) in [5, 5.41) is 0. The van der Waals surface area contributed by atoms with Gasteiger partial charge in [0.05, 0.1) is 5.69 Å². The monoisotopic (exact) mass is 259 g/mol. The molecule has 1 nitrogen and oxygen atoms in total. The van der Waals surface area contributed by atoms with E-state index in [0.717, 1.165) is 11.3 Å². The normalized spacial score (nSPS) is 10.5. The van der Waals surface area contributed by atoms with Gasteiger partial charge in [0.2, 0.25) is 0 Å². The molecule has 0 saturated heterocycles. The van der Waals surface area contributed by atoms with Crippen LogP contribution in [0.25, 0.3) is 22.4 Å². The van der Waals surface area contributed by atoms with Crippen molar-refractivity contribution in [3.05, 3.63) is 78.0 Å². The second kappa shape index (κ2) is 5.30. The van der Waals surface area contributed by atoms with Crippen LogP contribution in [0.5, 0.6) is 0 Å². The Morgan fingerprint density at radius 1 is 0.750 bits per heavy atom. The van der Waals surface area contributed by atoms with E-state index < -0.39 is 0 Å². The number of aryl methyl sites for hydroxylation is 2. The van der Waals surface area contributed by atoms with Gasteiger partial charge in [-0.1, -0.05) is 60.2 Å². The zero-order chi connectivity index (χ0) is 13.9. The van der Waals surface area contributed by atoms with Crippen molar-refractivity contribution < 1.29 is 0 Å². The van der Waals surface area contributed by atoms with Crippen LogP contribution in [0.4, 0.5) is 0 Å². The largest absolute Gasteiger partial charge is 0.256 e. The molecular formula is C19H17N. The first kappa shape index (κ1) is 12.6. The minimum absolute atomic E-state index is 1.03. The molecule has 1 heterocycles. The van der Waals surface area contributed by atoms with Crippen molar-refractivity contribution in [3.8, 4) is 22.4 Å². The first-order valence-electron chi connectivity index (χ1n) is 6.83. The highest BCUT2D eigenvalue weighted by Gasteiger charge is 2.03. The Bertz CT molecular complexity index is 727. The highest BCUT2D eigenvalue weighted by atomic mass is 14.7. The van der Waals surface area contributed by atoms with Crippen LogP contribution in [0.15, 0.2) is 66.9 Å². The molecule has 0 amide bonds. The van der Waals surface area contributed by atoms with Crippen molar-refractivity contribution in [2.45, 2.75) is 13.8 Å². The molecule has 20 heavy (non-hydrogen) atoms. The lowest BCUT2D eigenvalue weighted by atomic mass is 10.0. The van der Waals surface area contributed by atoms with Crippen molar-refractivity contribution in [3.63, 3.8) is 0 Å². The molecule has 0 radical (unpaired) electrons. The molecule has 1 heteroatoms. The van der Waals surface area contributed by atoms with Gasteiger partial charge >= 0.3 is 0 Å². The lowest BCUT2D eigenvalue weighted by molar-refractivity contribution is 1.30. The maximum atomic E-state index is 4.62. The summed E-state index contributed by atoms with van der Waals surface area (Å²) < 4.78 is 0. The van der Waals surface area contributed by atoms with Crippen LogP contribution in [-0.4, -0.2) is 4.98 Å². The molecule has 3 rings (SSSR count). The van der Waals surface area contributed by atoms with Crippen molar-refractivity contribution in [2.75, 3.05) is 0 Å². The Labute approximate surface area is 119 Å². The van der Waals surface area contributed by atoms with Crippen LogP contribution < -0.4 is 0 Å². The summed E-state index contributed by atoms with van der Waals surface area (Å²) in [6.07, 6.45) is 1.95. The topological polar surface area (TPSA) is 12.9 Å². The van der Waals surface area contributed by atoms with Gasteiger partial charge in [-0.05, 0) is 31.0 Å². The van der Waals surface area contributed by atoms with Crippen LogP contribution in [0.1, 0.15) is 11.1 Å². The number of rotatable bonds is 2. The fourth-order valence-corrected chi connectivity index (χ4v) is 2.41. The molecule has 0 aliphatic carbocycles. The highest BCUT2D eigenvalue weighted by molar-refractivity contribution is 5.68. The lowest BCUT2D eigenvalue weighted by Crippen LogP contribution is -1.87. The van der Waals surface area contributed by atoms with Crippen molar-refractivity contribution >= 4 is 0 Å². The van der Waals surface area contributed by atoms with Gasteiger partial charge in [0, 0.05) is 17.3 Å². The molecular weight excluding hydrogens is 242 g/mol. The predicted octanol–water partition coefficient (Wildman–Crippen LogP) is 5.03. The third kappa shape index (κ3) is 2.48. The Kier molecular flexibility index (Phi) is 3.34. The Morgan fingerprint density at radius 3 is 2.30 bits per heavy atom. The minimum atomic E-state index is 1.03. The summed E-state index contributed by atoms with van der Waals surface area (Å²) in [7, 11) is 0. The number of nitrogens with zero attached hydrogens (tertiary/aromatic N) is 1. The van der Waals surface area contributed by atoms with E-state index in [9.17, 15) is 0 Å². The van der Waals surface area contributed by atoms with Crippen LogP contribution in [0, 0.1) is 13.8 Å². The average molecular weight is 259 g/mol. The summed E-state index contributed by atoms with van der Waals surface area (Å²) in [6, 6.07) is 21.1. The molecule has 0 N–H and O–H groups in total. The molecule has 2 aromatic carbocycles. The number of pyridine rings is 1. The van der Waals surface area contributed by atoms with Gasteiger partial charge in [0.25, 0.3) is 0 Å². The van der Waals surface area contributed by atoms with Gasteiger partial charge in [-0.3, -0.25) is 4.98 Å². The van der Waals surface area contributed by atoms with E-state index in [2.05, 4.69) is 79.5 Å². The maximum absolute atomic E-state index is 4.62. The molecule has 0 aliphatic heterocycles. The molecule has 0 aliphatic rings. The van der Waals surface area contributed by atoms with Gasteiger partial charge in [-0.2, -0.15) is 0 Å². The quantitative estimate of drug-likeness (QED) is 0.628. The van der Waals surface area contributed by atoms with Crippen LogP contribution in [0.3, 0.4) is 0 Å². The van der Waals surface area contributed by atoms with Gasteiger partial charge in [0.15, 0.2) is 0 Å². The summed E-state index contributed by atoms with van der Waals surface area (Å²) >= 11 is 0. The van der Waals surface area contributed by atoms with Crippen molar-refractivity contribution in [2.24, 2.45) is 0 Å². The summed E-state index contributed by atoms with van der Waals surface area (Å²) in [4.78, 5) is 4.62. The molecule has 0 fully saturated rings. The fourth-order valence-electron chi connectivity index (χ4n) is 2.41. The van der Waals surface area contributed by atoms with E-state index in [1.807, 2.05) is 6.20 Å². The molecule has 98 valence electrons. The minimum Gasteiger partial charge on any atom is -0.256 e. The summed E-state index contributed by atoms with van der Waals surface area (Å²) in [6.45, 7) is 4.23. The second-order valence-electron chi connectivity index (χ2n) is 5.12. The van der Waals surface area contributed by atoms with Crippen LogP contribution in [0.2, 0.25) is 0 Å². The smallest absolute Gasteiger partial charge is 0.0705 e. The van der Waals surface area contributed by atoms with E-state index in [-0.39, 0.29) is 0 Å². The first-order chi connectivity index (χ1) is 9.74. The first-order valence-corrected chi connectivity index (χ1v) is 6.83. The zero-order valence-electron chi connectivity index (χ0n) is 11.8. The molecule has 0 unspecified atom stereocenters. The van der Waals surface area contributed by atoms with Crippen molar-refractivity contribution in [1.82, 2.24) is 4.98 Å². The third-order valence-electron chi connectivity index (χ3n) is 3.54. The highest BCUT2D eigenvalue weighted by Crippen LogP contribution is 2.24. The Morgan fingerprint density at radius 2 is 1.60 bits per heavy atom. The van der Waals surface area contributed by atoms with Gasteiger partial charge in [0.1, 0.15) is 0 Å².